The number of benzene rings is 1. The van der Waals surface area contributed by atoms with Crippen LogP contribution in [0.25, 0.3) is 11.3 Å². The van der Waals surface area contributed by atoms with Crippen LogP contribution in [-0.2, 0) is 16.0 Å². The first-order valence-corrected chi connectivity index (χ1v) is 10.8. The Morgan fingerprint density at radius 2 is 1.85 bits per heavy atom. The van der Waals surface area contributed by atoms with Gasteiger partial charge in [0.2, 0.25) is 5.78 Å². The Kier molecular flexibility index (Phi) is 4.66. The quantitative estimate of drug-likeness (QED) is 0.421. The molecule has 174 valence electrons. The van der Waals surface area contributed by atoms with Crippen LogP contribution in [0.4, 0.5) is 0 Å². The second-order valence-corrected chi connectivity index (χ2v) is 9.12. The fourth-order valence-corrected chi connectivity index (χ4v) is 5.49. The Labute approximate surface area is 193 Å². The summed E-state index contributed by atoms with van der Waals surface area (Å²) in [6.45, 7) is 1.90. The van der Waals surface area contributed by atoms with Crippen LogP contribution in [0.15, 0.2) is 53.1 Å². The van der Waals surface area contributed by atoms with E-state index in [9.17, 15) is 34.8 Å². The van der Waals surface area contributed by atoms with E-state index in [1.807, 2.05) is 19.1 Å². The van der Waals surface area contributed by atoms with Crippen molar-refractivity contribution in [2.24, 2.45) is 17.6 Å². The number of carbonyl (C=O) groups is 3. The predicted molar refractivity (Wildman–Crippen MR) is 119 cm³/mol. The first-order valence-electron chi connectivity index (χ1n) is 10.8. The van der Waals surface area contributed by atoms with E-state index in [0.717, 1.165) is 5.56 Å². The molecule has 3 aliphatic rings. The van der Waals surface area contributed by atoms with Crippen LogP contribution in [-0.4, -0.2) is 48.5 Å². The number of ketones is 2. The molecule has 0 bridgehead atoms. The Balaban J connectivity index is 1.68. The van der Waals surface area contributed by atoms with Gasteiger partial charge in [0, 0.05) is 29.7 Å². The minimum Gasteiger partial charge on any atom is -0.511 e. The van der Waals surface area contributed by atoms with Gasteiger partial charge in [-0.25, -0.2) is 0 Å². The molecule has 2 aromatic rings. The van der Waals surface area contributed by atoms with Crippen LogP contribution in [0, 0.1) is 18.8 Å². The first-order chi connectivity index (χ1) is 16.1. The number of Topliss-reactive ketones (excluding diaryl/α,β-unsaturated/α-hetero) is 2. The number of amides is 1. The molecule has 0 fully saturated rings. The van der Waals surface area contributed by atoms with Crippen molar-refractivity contribution >= 4 is 17.5 Å². The minimum absolute atomic E-state index is 0.0310. The van der Waals surface area contributed by atoms with Gasteiger partial charge in [-0.05, 0) is 55.0 Å². The SMILES string of the molecule is Cc1ccc(-c2ccc(O)c3c2C[C@H]2C[C@H]4CC(O)=C(C(N)=O)C(=O)[C@@]4(O)C(O)=C2C3=O)nc1. The highest BCUT2D eigenvalue weighted by Crippen LogP contribution is 2.52. The van der Waals surface area contributed by atoms with E-state index in [0.29, 0.717) is 16.8 Å². The zero-order valence-corrected chi connectivity index (χ0v) is 18.2. The van der Waals surface area contributed by atoms with Crippen molar-refractivity contribution in [3.05, 3.63) is 69.8 Å². The molecule has 1 aromatic heterocycles. The zero-order valence-electron chi connectivity index (χ0n) is 18.2. The number of nitrogens with two attached hydrogens (primary N) is 1. The van der Waals surface area contributed by atoms with E-state index >= 15 is 0 Å². The summed E-state index contributed by atoms with van der Waals surface area (Å²) in [5.41, 5.74) is 4.40. The molecule has 0 radical (unpaired) electrons. The standard InChI is InChI=1S/C25H22N2O7/c1-10-2-4-15(27-9-10)13-3-5-16(28)19-14(13)7-11-6-12-8-17(29)20(24(26)33)23(32)25(12,34)22(31)18(11)21(19)30/h2-5,9,11-12,28-29,31,34H,6-8H2,1H3,(H2,26,33)/t11-,12+,25+/m1/s1. The second kappa shape index (κ2) is 7.26. The van der Waals surface area contributed by atoms with Gasteiger partial charge < -0.3 is 26.2 Å². The normalized spacial score (nSPS) is 26.2. The van der Waals surface area contributed by atoms with E-state index in [1.165, 1.54) is 6.07 Å². The molecule has 0 aliphatic heterocycles. The van der Waals surface area contributed by atoms with Gasteiger partial charge in [0.05, 0.1) is 11.3 Å². The number of aliphatic hydroxyl groups is 3. The lowest BCUT2D eigenvalue weighted by Gasteiger charge is -2.45. The summed E-state index contributed by atoms with van der Waals surface area (Å²) in [5.74, 6) is -6.45. The van der Waals surface area contributed by atoms with Crippen molar-refractivity contribution in [2.75, 3.05) is 0 Å². The first kappa shape index (κ1) is 21.8. The van der Waals surface area contributed by atoms with E-state index in [4.69, 9.17) is 5.73 Å². The third-order valence-corrected chi connectivity index (χ3v) is 7.13. The molecule has 9 nitrogen and oxygen atoms in total. The highest BCUT2D eigenvalue weighted by molar-refractivity contribution is 6.24. The lowest BCUT2D eigenvalue weighted by molar-refractivity contribution is -0.144. The van der Waals surface area contributed by atoms with Gasteiger partial charge >= 0.3 is 0 Å². The Morgan fingerprint density at radius 1 is 1.12 bits per heavy atom. The molecule has 1 aromatic carbocycles. The Bertz CT molecular complexity index is 1360. The lowest BCUT2D eigenvalue weighted by atomic mass is 9.60. The highest BCUT2D eigenvalue weighted by atomic mass is 16.3. The second-order valence-electron chi connectivity index (χ2n) is 9.12. The molecular formula is C25H22N2O7. The van der Waals surface area contributed by atoms with Crippen LogP contribution in [0.5, 0.6) is 5.75 Å². The van der Waals surface area contributed by atoms with Crippen molar-refractivity contribution in [1.82, 2.24) is 4.98 Å². The van der Waals surface area contributed by atoms with Gasteiger partial charge in [0.25, 0.3) is 5.91 Å². The number of aromatic hydroxyl groups is 1. The van der Waals surface area contributed by atoms with E-state index in [2.05, 4.69) is 4.98 Å². The number of rotatable bonds is 2. The minimum atomic E-state index is -2.57. The number of carbonyl (C=O) groups excluding carboxylic acids is 3. The number of fused-ring (bicyclic) bond motifs is 3. The topological polar surface area (TPSA) is 171 Å². The molecule has 0 spiro atoms. The third-order valence-electron chi connectivity index (χ3n) is 7.13. The maximum Gasteiger partial charge on any atom is 0.255 e. The molecule has 0 saturated carbocycles. The number of pyridine rings is 1. The van der Waals surface area contributed by atoms with Crippen molar-refractivity contribution in [2.45, 2.75) is 31.8 Å². The fraction of sp³-hybridized carbons (Fsp3) is 0.280. The highest BCUT2D eigenvalue weighted by Gasteiger charge is 2.59. The molecular weight excluding hydrogens is 440 g/mol. The molecule has 5 rings (SSSR count). The molecule has 3 atom stereocenters. The van der Waals surface area contributed by atoms with Crippen LogP contribution in [0.1, 0.15) is 34.3 Å². The van der Waals surface area contributed by atoms with Crippen molar-refractivity contribution in [3.63, 3.8) is 0 Å². The van der Waals surface area contributed by atoms with Crippen molar-refractivity contribution < 1.29 is 34.8 Å². The zero-order chi connectivity index (χ0) is 24.5. The smallest absolute Gasteiger partial charge is 0.255 e. The van der Waals surface area contributed by atoms with Gasteiger partial charge in [-0.15, -0.1) is 0 Å². The summed E-state index contributed by atoms with van der Waals surface area (Å²) < 4.78 is 0. The molecule has 3 aliphatic carbocycles. The van der Waals surface area contributed by atoms with Crippen molar-refractivity contribution in [3.8, 4) is 17.0 Å². The third kappa shape index (κ3) is 2.83. The number of phenols is 1. The van der Waals surface area contributed by atoms with Crippen LogP contribution < -0.4 is 5.73 Å². The number of allylic oxidation sites excluding steroid dienone is 2. The largest absolute Gasteiger partial charge is 0.511 e. The number of nitrogens with zero attached hydrogens (tertiary/aromatic N) is 1. The van der Waals surface area contributed by atoms with Gasteiger partial charge in [-0.3, -0.25) is 19.4 Å². The van der Waals surface area contributed by atoms with E-state index in [1.54, 1.807) is 12.3 Å². The summed E-state index contributed by atoms with van der Waals surface area (Å²) in [6, 6.07) is 6.72. The number of primary amides is 1. The molecule has 9 heteroatoms. The summed E-state index contributed by atoms with van der Waals surface area (Å²) in [7, 11) is 0. The van der Waals surface area contributed by atoms with Crippen LogP contribution in [0.2, 0.25) is 0 Å². The molecule has 6 N–H and O–H groups in total. The number of aromatic nitrogens is 1. The van der Waals surface area contributed by atoms with Gasteiger partial charge in [-0.2, -0.15) is 0 Å². The summed E-state index contributed by atoms with van der Waals surface area (Å²) >= 11 is 0. The maximum atomic E-state index is 13.5. The lowest BCUT2D eigenvalue weighted by Crippen LogP contribution is -2.57. The Morgan fingerprint density at radius 3 is 2.50 bits per heavy atom. The van der Waals surface area contributed by atoms with E-state index in [-0.39, 0.29) is 36.1 Å². The molecule has 0 unspecified atom stereocenters. The molecule has 1 heterocycles. The van der Waals surface area contributed by atoms with Crippen LogP contribution >= 0.6 is 0 Å². The monoisotopic (exact) mass is 462 g/mol. The number of phenolic OH excluding ortho intramolecular Hbond substituents is 1. The predicted octanol–water partition coefficient (Wildman–Crippen LogP) is 1.95. The van der Waals surface area contributed by atoms with Crippen molar-refractivity contribution in [1.29, 1.82) is 0 Å². The average Bonchev–Trinajstić information content (AvgIpc) is 2.77. The van der Waals surface area contributed by atoms with Gasteiger partial charge in [-0.1, -0.05) is 6.07 Å². The number of hydrogen-bond donors (Lipinski definition) is 5. The maximum absolute atomic E-state index is 13.5. The number of hydrogen-bond acceptors (Lipinski definition) is 8. The summed E-state index contributed by atoms with van der Waals surface area (Å²) in [4.78, 5) is 42.7. The number of aryl methyl sites for hydroxylation is 1. The summed E-state index contributed by atoms with van der Waals surface area (Å²) in [5, 5.41) is 43.1. The van der Waals surface area contributed by atoms with Crippen LogP contribution in [0.3, 0.4) is 0 Å². The summed E-state index contributed by atoms with van der Waals surface area (Å²) in [6.07, 6.45) is 1.74. The van der Waals surface area contributed by atoms with Gasteiger partial charge in [0.15, 0.2) is 11.4 Å². The molecule has 0 saturated heterocycles. The van der Waals surface area contributed by atoms with E-state index < -0.39 is 52.0 Å². The average molecular weight is 462 g/mol. The fourth-order valence-electron chi connectivity index (χ4n) is 5.49. The Hall–Kier alpha value is -3.98. The molecule has 34 heavy (non-hydrogen) atoms. The van der Waals surface area contributed by atoms with Gasteiger partial charge in [0.1, 0.15) is 22.8 Å². The molecule has 1 amide bonds. The number of aliphatic hydroxyl groups excluding tert-OH is 2.